The number of hydrogen-bond donors (Lipinski definition) is 2. The van der Waals surface area contributed by atoms with Gasteiger partial charge in [0.25, 0.3) is 0 Å². The van der Waals surface area contributed by atoms with Gasteiger partial charge >= 0.3 is 17.8 Å². The smallest absolute Gasteiger partial charge is 0.347 e. The summed E-state index contributed by atoms with van der Waals surface area (Å²) < 4.78 is 10.7. The topological polar surface area (TPSA) is 106 Å². The summed E-state index contributed by atoms with van der Waals surface area (Å²) in [4.78, 5) is 36.8. The number of anilines is 1. The molecule has 3 rings (SSSR count). The van der Waals surface area contributed by atoms with E-state index in [2.05, 4.69) is 15.8 Å². The molecule has 0 spiro atoms. The van der Waals surface area contributed by atoms with E-state index >= 15 is 0 Å². The minimum atomic E-state index is -0.965. The highest BCUT2D eigenvalue weighted by molar-refractivity contribution is 6.39. The van der Waals surface area contributed by atoms with Crippen molar-refractivity contribution in [1.82, 2.24) is 5.43 Å². The Morgan fingerprint density at radius 1 is 0.818 bits per heavy atom. The largest absolute Gasteiger partial charge is 0.496 e. The van der Waals surface area contributed by atoms with Crippen molar-refractivity contribution in [2.24, 2.45) is 5.10 Å². The van der Waals surface area contributed by atoms with Crippen LogP contribution in [0.5, 0.6) is 11.5 Å². The zero-order chi connectivity index (χ0) is 23.8. The lowest BCUT2D eigenvalue weighted by Crippen LogP contribution is -2.33. The Labute approximate surface area is 195 Å². The van der Waals surface area contributed by atoms with Crippen LogP contribution in [-0.2, 0) is 9.59 Å². The number of halogens is 1. The third-order valence-electron chi connectivity index (χ3n) is 4.44. The van der Waals surface area contributed by atoms with E-state index < -0.39 is 17.8 Å². The maximum Gasteiger partial charge on any atom is 0.347 e. The number of esters is 1. The standard InChI is InChI=1S/C24H20ClN3O5/c1-15(27-28-23(30)22(29)26-17-13-11-16(25)12-14-17)18-7-3-6-10-21(18)33-24(31)19-8-4-5-9-20(19)32-2/h3-14H,1-2H3,(H,26,29)(H,28,30)/b27-15+. The minimum Gasteiger partial charge on any atom is -0.496 e. The van der Waals surface area contributed by atoms with E-state index in [1.807, 2.05) is 0 Å². The molecule has 0 atom stereocenters. The van der Waals surface area contributed by atoms with Crippen LogP contribution in [0.2, 0.25) is 5.02 Å². The van der Waals surface area contributed by atoms with Gasteiger partial charge in [-0.3, -0.25) is 9.59 Å². The van der Waals surface area contributed by atoms with Gasteiger partial charge in [-0.1, -0.05) is 35.9 Å². The SMILES string of the molecule is COc1ccccc1C(=O)Oc1ccccc1/C(C)=N/NC(=O)C(=O)Nc1ccc(Cl)cc1. The Hall–Kier alpha value is -4.17. The van der Waals surface area contributed by atoms with E-state index in [1.165, 1.54) is 7.11 Å². The quantitative estimate of drug-likeness (QED) is 0.188. The molecule has 33 heavy (non-hydrogen) atoms. The molecule has 0 radical (unpaired) electrons. The summed E-state index contributed by atoms with van der Waals surface area (Å²) in [5.74, 6) is -1.87. The van der Waals surface area contributed by atoms with Crippen LogP contribution in [0, 0.1) is 0 Å². The fraction of sp³-hybridized carbons (Fsp3) is 0.0833. The molecule has 0 aliphatic carbocycles. The number of benzene rings is 3. The summed E-state index contributed by atoms with van der Waals surface area (Å²) in [6.07, 6.45) is 0. The molecule has 0 aliphatic rings. The van der Waals surface area contributed by atoms with Crippen molar-refractivity contribution in [3.8, 4) is 11.5 Å². The van der Waals surface area contributed by atoms with Crippen molar-refractivity contribution in [2.45, 2.75) is 6.92 Å². The average Bonchev–Trinajstić information content (AvgIpc) is 2.83. The van der Waals surface area contributed by atoms with Gasteiger partial charge in [0.2, 0.25) is 0 Å². The molecule has 2 amide bonds. The summed E-state index contributed by atoms with van der Waals surface area (Å²) in [5, 5.41) is 6.91. The van der Waals surface area contributed by atoms with Gasteiger partial charge in [-0.25, -0.2) is 10.2 Å². The van der Waals surface area contributed by atoms with Crippen LogP contribution >= 0.6 is 11.6 Å². The first-order chi connectivity index (χ1) is 15.9. The van der Waals surface area contributed by atoms with Gasteiger partial charge in [-0.15, -0.1) is 0 Å². The van der Waals surface area contributed by atoms with E-state index in [1.54, 1.807) is 79.7 Å². The number of nitrogens with one attached hydrogen (secondary N) is 2. The molecule has 3 aromatic rings. The lowest BCUT2D eigenvalue weighted by atomic mass is 10.1. The van der Waals surface area contributed by atoms with Gasteiger partial charge in [0.1, 0.15) is 17.1 Å². The molecule has 0 unspecified atom stereocenters. The molecule has 0 bridgehead atoms. The molecular formula is C24H20ClN3O5. The second-order valence-corrected chi connectivity index (χ2v) is 7.12. The number of hydrazone groups is 1. The number of amides is 2. The maximum atomic E-state index is 12.6. The number of para-hydroxylation sites is 2. The molecule has 0 saturated heterocycles. The number of methoxy groups -OCH3 is 1. The lowest BCUT2D eigenvalue weighted by Gasteiger charge is -2.11. The van der Waals surface area contributed by atoms with Crippen molar-refractivity contribution >= 4 is 40.8 Å². The van der Waals surface area contributed by atoms with Crippen LogP contribution in [0.4, 0.5) is 5.69 Å². The van der Waals surface area contributed by atoms with Gasteiger partial charge in [0.05, 0.1) is 12.8 Å². The van der Waals surface area contributed by atoms with Crippen LogP contribution in [0.15, 0.2) is 77.9 Å². The first-order valence-electron chi connectivity index (χ1n) is 9.75. The first-order valence-corrected chi connectivity index (χ1v) is 10.1. The summed E-state index contributed by atoms with van der Waals surface area (Å²) in [6.45, 7) is 1.60. The second kappa shape index (κ2) is 10.9. The number of nitrogens with zero attached hydrogens (tertiary/aromatic N) is 1. The van der Waals surface area contributed by atoms with E-state index in [0.717, 1.165) is 0 Å². The predicted octanol–water partition coefficient (Wildman–Crippen LogP) is 4.05. The number of ether oxygens (including phenoxy) is 2. The zero-order valence-electron chi connectivity index (χ0n) is 17.8. The number of rotatable bonds is 6. The molecule has 0 fully saturated rings. The van der Waals surface area contributed by atoms with Crippen molar-refractivity contribution in [3.63, 3.8) is 0 Å². The van der Waals surface area contributed by atoms with Crippen molar-refractivity contribution in [2.75, 3.05) is 12.4 Å². The average molecular weight is 466 g/mol. The second-order valence-electron chi connectivity index (χ2n) is 6.69. The Kier molecular flexibility index (Phi) is 7.77. The Morgan fingerprint density at radius 3 is 2.09 bits per heavy atom. The normalized spacial score (nSPS) is 10.8. The molecule has 8 nitrogen and oxygen atoms in total. The number of carbonyl (C=O) groups excluding carboxylic acids is 3. The summed E-state index contributed by atoms with van der Waals surface area (Å²) in [5.41, 5.74) is 3.65. The fourth-order valence-electron chi connectivity index (χ4n) is 2.79. The van der Waals surface area contributed by atoms with Crippen LogP contribution < -0.4 is 20.2 Å². The van der Waals surface area contributed by atoms with E-state index in [-0.39, 0.29) is 11.3 Å². The summed E-state index contributed by atoms with van der Waals surface area (Å²) in [6, 6.07) is 19.7. The van der Waals surface area contributed by atoms with E-state index in [0.29, 0.717) is 27.7 Å². The van der Waals surface area contributed by atoms with Crippen LogP contribution in [-0.4, -0.2) is 30.6 Å². The molecule has 9 heteroatoms. The first kappa shape index (κ1) is 23.5. The van der Waals surface area contributed by atoms with Crippen molar-refractivity contribution < 1.29 is 23.9 Å². The summed E-state index contributed by atoms with van der Waals surface area (Å²) in [7, 11) is 1.46. The summed E-state index contributed by atoms with van der Waals surface area (Å²) >= 11 is 5.80. The Balaban J connectivity index is 1.70. The molecule has 0 heterocycles. The maximum absolute atomic E-state index is 12.6. The highest BCUT2D eigenvalue weighted by Gasteiger charge is 2.17. The fourth-order valence-corrected chi connectivity index (χ4v) is 2.92. The molecular weight excluding hydrogens is 446 g/mol. The van der Waals surface area contributed by atoms with Crippen LogP contribution in [0.1, 0.15) is 22.8 Å². The predicted molar refractivity (Wildman–Crippen MR) is 125 cm³/mol. The van der Waals surface area contributed by atoms with Gasteiger partial charge < -0.3 is 14.8 Å². The van der Waals surface area contributed by atoms with Gasteiger partial charge in [-0.05, 0) is 55.5 Å². The highest BCUT2D eigenvalue weighted by atomic mass is 35.5. The monoisotopic (exact) mass is 465 g/mol. The molecule has 3 aromatic carbocycles. The van der Waals surface area contributed by atoms with Gasteiger partial charge in [0.15, 0.2) is 0 Å². The lowest BCUT2D eigenvalue weighted by molar-refractivity contribution is -0.136. The third kappa shape index (κ3) is 6.18. The third-order valence-corrected chi connectivity index (χ3v) is 4.69. The highest BCUT2D eigenvalue weighted by Crippen LogP contribution is 2.23. The molecule has 168 valence electrons. The number of hydrogen-bond acceptors (Lipinski definition) is 6. The molecule has 0 saturated carbocycles. The minimum absolute atomic E-state index is 0.231. The van der Waals surface area contributed by atoms with Crippen LogP contribution in [0.3, 0.4) is 0 Å². The van der Waals surface area contributed by atoms with E-state index in [4.69, 9.17) is 21.1 Å². The van der Waals surface area contributed by atoms with Crippen LogP contribution in [0.25, 0.3) is 0 Å². The number of carbonyl (C=O) groups is 3. The molecule has 0 aliphatic heterocycles. The van der Waals surface area contributed by atoms with Crippen molar-refractivity contribution in [3.05, 3.63) is 88.9 Å². The van der Waals surface area contributed by atoms with Crippen molar-refractivity contribution in [1.29, 1.82) is 0 Å². The molecule has 0 aromatic heterocycles. The van der Waals surface area contributed by atoms with E-state index in [9.17, 15) is 14.4 Å². The van der Waals surface area contributed by atoms with Gasteiger partial charge in [-0.2, -0.15) is 5.10 Å². The Morgan fingerprint density at radius 2 is 1.42 bits per heavy atom. The zero-order valence-corrected chi connectivity index (χ0v) is 18.6. The Bertz CT molecular complexity index is 1210. The van der Waals surface area contributed by atoms with Gasteiger partial charge in [0, 0.05) is 16.3 Å². The molecule has 2 N–H and O–H groups in total.